The molecule has 1 atom stereocenters. The lowest BCUT2D eigenvalue weighted by atomic mass is 9.81. The lowest BCUT2D eigenvalue weighted by Crippen LogP contribution is -2.53. The molecule has 0 radical (unpaired) electrons. The number of nitrogens with zero attached hydrogens (tertiary/aromatic N) is 2. The van der Waals surface area contributed by atoms with E-state index >= 15 is 0 Å². The van der Waals surface area contributed by atoms with Crippen LogP contribution >= 0.6 is 12.4 Å². The fourth-order valence-electron chi connectivity index (χ4n) is 2.05. The van der Waals surface area contributed by atoms with E-state index < -0.39 is 10.0 Å². The second-order valence-corrected chi connectivity index (χ2v) is 7.04. The molecule has 1 unspecified atom stereocenters. The van der Waals surface area contributed by atoms with Crippen molar-refractivity contribution in [2.45, 2.75) is 31.3 Å². The van der Waals surface area contributed by atoms with Crippen molar-refractivity contribution >= 4 is 22.4 Å². The molecule has 1 aliphatic heterocycles. The molecule has 0 aromatic carbocycles. The van der Waals surface area contributed by atoms with Gasteiger partial charge in [0.2, 0.25) is 0 Å². The number of H-pyrrole nitrogens is 1. The SMILES string of the molecule is CC1(C)CN(S(=O)(=O)c2cnc[nH]2)CCC1N.Cl. The maximum Gasteiger partial charge on any atom is 0.260 e. The first-order valence-electron chi connectivity index (χ1n) is 5.58. The Morgan fingerprint density at radius 3 is 2.72 bits per heavy atom. The number of imidazole rings is 1. The number of nitrogens with two attached hydrogens (primary N) is 1. The summed E-state index contributed by atoms with van der Waals surface area (Å²) in [5, 5.41) is 0.142. The van der Waals surface area contributed by atoms with Crippen LogP contribution in [0, 0.1) is 5.41 Å². The molecular formula is C10H19ClN4O2S. The predicted molar refractivity (Wildman–Crippen MR) is 71.0 cm³/mol. The first-order valence-corrected chi connectivity index (χ1v) is 7.02. The maximum atomic E-state index is 12.3. The third-order valence-corrected chi connectivity index (χ3v) is 5.14. The molecule has 0 amide bonds. The minimum atomic E-state index is -3.45. The van der Waals surface area contributed by atoms with Crippen LogP contribution in [-0.4, -0.2) is 41.8 Å². The number of piperidine rings is 1. The Bertz CT molecular complexity index is 486. The van der Waals surface area contributed by atoms with Crippen LogP contribution in [-0.2, 0) is 10.0 Å². The van der Waals surface area contributed by atoms with E-state index in [1.54, 1.807) is 0 Å². The molecule has 1 aromatic rings. The molecule has 104 valence electrons. The zero-order chi connectivity index (χ0) is 12.7. The Morgan fingerprint density at radius 2 is 2.22 bits per heavy atom. The summed E-state index contributed by atoms with van der Waals surface area (Å²) in [4.78, 5) is 6.39. The van der Waals surface area contributed by atoms with Crippen LogP contribution in [0.25, 0.3) is 0 Å². The summed E-state index contributed by atoms with van der Waals surface area (Å²) in [5.41, 5.74) is 5.79. The number of nitrogens with one attached hydrogen (secondary N) is 1. The molecule has 1 aliphatic rings. The Labute approximate surface area is 113 Å². The Balaban J connectivity index is 0.00000162. The highest BCUT2D eigenvalue weighted by atomic mass is 35.5. The zero-order valence-electron chi connectivity index (χ0n) is 10.5. The van der Waals surface area contributed by atoms with Crippen molar-refractivity contribution in [3.05, 3.63) is 12.5 Å². The van der Waals surface area contributed by atoms with E-state index in [1.165, 1.54) is 16.8 Å². The Hall–Kier alpha value is -0.630. The summed E-state index contributed by atoms with van der Waals surface area (Å²) in [6.45, 7) is 4.89. The first-order chi connectivity index (χ1) is 7.84. The van der Waals surface area contributed by atoms with E-state index in [4.69, 9.17) is 5.73 Å². The van der Waals surface area contributed by atoms with Gasteiger partial charge >= 0.3 is 0 Å². The molecule has 0 aliphatic carbocycles. The minimum Gasteiger partial charge on any atom is -0.335 e. The minimum absolute atomic E-state index is 0. The normalized spacial score (nSPS) is 24.5. The highest BCUT2D eigenvalue weighted by Gasteiger charge is 2.39. The van der Waals surface area contributed by atoms with Gasteiger partial charge in [-0.15, -0.1) is 12.4 Å². The molecule has 0 spiro atoms. The lowest BCUT2D eigenvalue weighted by molar-refractivity contribution is 0.155. The Kier molecular flexibility index (Phi) is 4.42. The molecule has 1 saturated heterocycles. The number of sulfonamides is 1. The topological polar surface area (TPSA) is 92.1 Å². The van der Waals surface area contributed by atoms with E-state index in [1.807, 2.05) is 13.8 Å². The van der Waals surface area contributed by atoms with Crippen molar-refractivity contribution in [1.29, 1.82) is 0 Å². The van der Waals surface area contributed by atoms with Crippen molar-refractivity contribution in [1.82, 2.24) is 14.3 Å². The fraction of sp³-hybridized carbons (Fsp3) is 0.700. The maximum absolute atomic E-state index is 12.3. The predicted octanol–water partition coefficient (Wildman–Crippen LogP) is 0.579. The third kappa shape index (κ3) is 2.69. The van der Waals surface area contributed by atoms with Crippen molar-refractivity contribution in [3.63, 3.8) is 0 Å². The molecule has 2 rings (SSSR count). The molecule has 1 aromatic heterocycles. The van der Waals surface area contributed by atoms with Crippen LogP contribution in [0.3, 0.4) is 0 Å². The number of hydrogen-bond donors (Lipinski definition) is 2. The van der Waals surface area contributed by atoms with Gasteiger partial charge in [0.15, 0.2) is 5.03 Å². The van der Waals surface area contributed by atoms with E-state index in [2.05, 4.69) is 9.97 Å². The molecule has 8 heteroatoms. The summed E-state index contributed by atoms with van der Waals surface area (Å²) in [5.74, 6) is 0. The van der Waals surface area contributed by atoms with Crippen molar-refractivity contribution in [2.75, 3.05) is 13.1 Å². The summed E-state index contributed by atoms with van der Waals surface area (Å²) >= 11 is 0. The molecule has 0 bridgehead atoms. The second kappa shape index (κ2) is 5.16. The van der Waals surface area contributed by atoms with E-state index in [-0.39, 0.29) is 28.9 Å². The van der Waals surface area contributed by atoms with Crippen LogP contribution in [0.5, 0.6) is 0 Å². The molecule has 1 fully saturated rings. The first kappa shape index (κ1) is 15.4. The van der Waals surface area contributed by atoms with Gasteiger partial charge in [0.05, 0.1) is 12.5 Å². The van der Waals surface area contributed by atoms with Crippen LogP contribution < -0.4 is 5.73 Å². The van der Waals surface area contributed by atoms with E-state index in [0.717, 1.165) is 0 Å². The summed E-state index contributed by atoms with van der Waals surface area (Å²) in [6, 6.07) is 0.0377. The zero-order valence-corrected chi connectivity index (χ0v) is 12.1. The lowest BCUT2D eigenvalue weighted by Gasteiger charge is -2.41. The molecule has 0 saturated carbocycles. The van der Waals surface area contributed by atoms with Crippen molar-refractivity contribution in [2.24, 2.45) is 11.1 Å². The van der Waals surface area contributed by atoms with Crippen LogP contribution in [0.1, 0.15) is 20.3 Å². The second-order valence-electron chi connectivity index (χ2n) is 5.14. The van der Waals surface area contributed by atoms with Gasteiger partial charge in [-0.3, -0.25) is 0 Å². The van der Waals surface area contributed by atoms with Crippen LogP contribution in [0.4, 0.5) is 0 Å². The van der Waals surface area contributed by atoms with Crippen molar-refractivity contribution in [3.8, 4) is 0 Å². The van der Waals surface area contributed by atoms with E-state index in [0.29, 0.717) is 19.5 Å². The van der Waals surface area contributed by atoms with Gasteiger partial charge in [-0.1, -0.05) is 13.8 Å². The summed E-state index contributed by atoms with van der Waals surface area (Å²) in [6.07, 6.45) is 3.38. The molecule has 2 heterocycles. The van der Waals surface area contributed by atoms with Gasteiger partial charge in [0.1, 0.15) is 0 Å². The van der Waals surface area contributed by atoms with Crippen molar-refractivity contribution < 1.29 is 8.42 Å². The molecule has 18 heavy (non-hydrogen) atoms. The quantitative estimate of drug-likeness (QED) is 0.834. The number of aromatic nitrogens is 2. The van der Waals surface area contributed by atoms with Crippen LogP contribution in [0.2, 0.25) is 0 Å². The van der Waals surface area contributed by atoms with Gasteiger partial charge < -0.3 is 10.7 Å². The number of hydrogen-bond acceptors (Lipinski definition) is 4. The monoisotopic (exact) mass is 294 g/mol. The molecule has 6 nitrogen and oxygen atoms in total. The average molecular weight is 295 g/mol. The van der Waals surface area contributed by atoms with Gasteiger partial charge in [0, 0.05) is 19.1 Å². The standard InChI is InChI=1S/C10H18N4O2S.ClH/c1-10(2)6-14(4-3-8(10)11)17(15,16)9-5-12-7-13-9;/h5,7-8H,3-4,6,11H2,1-2H3,(H,12,13);1H. The van der Waals surface area contributed by atoms with Crippen LogP contribution in [0.15, 0.2) is 17.6 Å². The number of rotatable bonds is 2. The average Bonchev–Trinajstić information content (AvgIpc) is 2.75. The largest absolute Gasteiger partial charge is 0.335 e. The third-order valence-electron chi connectivity index (χ3n) is 3.37. The number of aromatic amines is 1. The van der Waals surface area contributed by atoms with Gasteiger partial charge in [-0.05, 0) is 11.8 Å². The van der Waals surface area contributed by atoms with Gasteiger partial charge in [-0.25, -0.2) is 13.4 Å². The summed E-state index contributed by atoms with van der Waals surface area (Å²) < 4.78 is 26.0. The molecular weight excluding hydrogens is 276 g/mol. The summed E-state index contributed by atoms with van der Waals surface area (Å²) in [7, 11) is -3.45. The number of halogens is 1. The highest BCUT2D eigenvalue weighted by Crippen LogP contribution is 2.30. The molecule has 3 N–H and O–H groups in total. The highest BCUT2D eigenvalue weighted by molar-refractivity contribution is 7.89. The van der Waals surface area contributed by atoms with E-state index in [9.17, 15) is 8.42 Å². The smallest absolute Gasteiger partial charge is 0.260 e. The fourth-order valence-corrected chi connectivity index (χ4v) is 3.58. The van der Waals surface area contributed by atoms with Gasteiger partial charge in [0.25, 0.3) is 10.0 Å². The van der Waals surface area contributed by atoms with Gasteiger partial charge in [-0.2, -0.15) is 4.31 Å². The Morgan fingerprint density at radius 1 is 1.56 bits per heavy atom.